The van der Waals surface area contributed by atoms with Gasteiger partial charge in [0.2, 0.25) is 0 Å². The van der Waals surface area contributed by atoms with Crippen molar-refractivity contribution in [2.24, 2.45) is 0 Å². The molecule has 0 aliphatic carbocycles. The van der Waals surface area contributed by atoms with Crippen molar-refractivity contribution in [1.82, 2.24) is 15.1 Å². The van der Waals surface area contributed by atoms with E-state index in [1.165, 1.54) is 0 Å². The number of aryl methyl sites for hydroxylation is 2. The summed E-state index contributed by atoms with van der Waals surface area (Å²) in [6.45, 7) is 5.53. The van der Waals surface area contributed by atoms with Crippen molar-refractivity contribution in [3.63, 3.8) is 0 Å². The van der Waals surface area contributed by atoms with Crippen LogP contribution >= 0.6 is 23.8 Å². The zero-order valence-electron chi connectivity index (χ0n) is 11.5. The summed E-state index contributed by atoms with van der Waals surface area (Å²) in [6, 6.07) is 5.77. The molecule has 2 N–H and O–H groups in total. The molecular weight excluding hydrogens is 292 g/mol. The van der Waals surface area contributed by atoms with Crippen LogP contribution in [0.25, 0.3) is 0 Å². The number of benzene rings is 1. The highest BCUT2D eigenvalue weighted by molar-refractivity contribution is 7.80. The number of nitrogens with one attached hydrogen (secondary N) is 2. The number of halogens is 1. The zero-order chi connectivity index (χ0) is 14.5. The van der Waals surface area contributed by atoms with E-state index in [-0.39, 0.29) is 0 Å². The van der Waals surface area contributed by atoms with Crippen molar-refractivity contribution < 1.29 is 0 Å². The van der Waals surface area contributed by atoms with Crippen molar-refractivity contribution in [3.05, 3.63) is 46.7 Å². The molecule has 0 radical (unpaired) electrons. The lowest BCUT2D eigenvalue weighted by Gasteiger charge is -2.10. The van der Waals surface area contributed by atoms with E-state index in [0.29, 0.717) is 11.7 Å². The molecule has 1 aromatic heterocycles. The average Bonchev–Trinajstić information content (AvgIpc) is 2.89. The predicted molar refractivity (Wildman–Crippen MR) is 87.2 cm³/mol. The van der Waals surface area contributed by atoms with Crippen LogP contribution in [0.3, 0.4) is 0 Å². The smallest absolute Gasteiger partial charge is 0.171 e. The van der Waals surface area contributed by atoms with Gasteiger partial charge in [0.25, 0.3) is 0 Å². The van der Waals surface area contributed by atoms with E-state index in [9.17, 15) is 0 Å². The highest BCUT2D eigenvalue weighted by Gasteiger charge is 2.02. The van der Waals surface area contributed by atoms with Gasteiger partial charge in [0, 0.05) is 35.6 Å². The van der Waals surface area contributed by atoms with Gasteiger partial charge in [-0.05, 0) is 43.8 Å². The zero-order valence-corrected chi connectivity index (χ0v) is 13.1. The van der Waals surface area contributed by atoms with E-state index in [4.69, 9.17) is 23.8 Å². The Bertz CT molecular complexity index is 609. The Kier molecular flexibility index (Phi) is 4.98. The highest BCUT2D eigenvalue weighted by atomic mass is 35.5. The SMILES string of the molecule is CCn1cc(CNC(=S)Nc2ccc(C)c(Cl)c2)cn1. The average molecular weight is 309 g/mol. The summed E-state index contributed by atoms with van der Waals surface area (Å²) in [5, 5.41) is 11.8. The number of hydrogen-bond donors (Lipinski definition) is 2. The Hall–Kier alpha value is -1.59. The topological polar surface area (TPSA) is 41.9 Å². The monoisotopic (exact) mass is 308 g/mol. The Balaban J connectivity index is 1.87. The molecule has 0 atom stereocenters. The van der Waals surface area contributed by atoms with Crippen molar-refractivity contribution >= 4 is 34.6 Å². The molecule has 4 nitrogen and oxygen atoms in total. The van der Waals surface area contributed by atoms with Crippen LogP contribution in [0.4, 0.5) is 5.69 Å². The van der Waals surface area contributed by atoms with Gasteiger partial charge in [0.15, 0.2) is 5.11 Å². The van der Waals surface area contributed by atoms with E-state index >= 15 is 0 Å². The molecule has 0 unspecified atom stereocenters. The number of nitrogens with zero attached hydrogens (tertiary/aromatic N) is 2. The maximum atomic E-state index is 6.07. The fourth-order valence-electron chi connectivity index (χ4n) is 1.70. The van der Waals surface area contributed by atoms with E-state index in [1.54, 1.807) is 0 Å². The molecule has 106 valence electrons. The van der Waals surface area contributed by atoms with Crippen LogP contribution in [0.5, 0.6) is 0 Å². The van der Waals surface area contributed by atoms with Crippen molar-refractivity contribution in [1.29, 1.82) is 0 Å². The fourth-order valence-corrected chi connectivity index (χ4v) is 2.07. The van der Waals surface area contributed by atoms with Crippen LogP contribution in [-0.2, 0) is 13.1 Å². The number of thiocarbonyl (C=S) groups is 1. The molecule has 0 bridgehead atoms. The lowest BCUT2D eigenvalue weighted by Crippen LogP contribution is -2.27. The van der Waals surface area contributed by atoms with Crippen molar-refractivity contribution in [2.45, 2.75) is 26.9 Å². The standard InChI is InChI=1S/C14H17ClN4S/c1-3-19-9-11(8-17-19)7-16-14(20)18-12-5-4-10(2)13(15)6-12/h4-6,8-9H,3,7H2,1-2H3,(H2,16,18,20). The predicted octanol–water partition coefficient (Wildman–Crippen LogP) is 3.35. The van der Waals surface area contributed by atoms with E-state index < -0.39 is 0 Å². The molecule has 0 aliphatic heterocycles. The molecular formula is C14H17ClN4S. The van der Waals surface area contributed by atoms with E-state index in [2.05, 4.69) is 22.7 Å². The van der Waals surface area contributed by atoms with Gasteiger partial charge in [-0.3, -0.25) is 4.68 Å². The van der Waals surface area contributed by atoms with Crippen LogP contribution in [0.15, 0.2) is 30.6 Å². The largest absolute Gasteiger partial charge is 0.358 e. The minimum atomic E-state index is 0.564. The third-order valence-corrected chi connectivity index (χ3v) is 3.55. The molecule has 0 spiro atoms. The molecule has 1 heterocycles. The second-order valence-electron chi connectivity index (χ2n) is 4.48. The Morgan fingerprint density at radius 3 is 2.90 bits per heavy atom. The van der Waals surface area contributed by atoms with Gasteiger partial charge in [-0.15, -0.1) is 0 Å². The minimum Gasteiger partial charge on any atom is -0.358 e. The highest BCUT2D eigenvalue weighted by Crippen LogP contribution is 2.19. The second kappa shape index (κ2) is 6.72. The molecule has 2 aromatic rings. The first-order valence-corrected chi connectivity index (χ1v) is 7.19. The van der Waals surface area contributed by atoms with E-state index in [1.807, 2.05) is 42.2 Å². The van der Waals surface area contributed by atoms with Crippen LogP contribution in [0.1, 0.15) is 18.1 Å². The maximum Gasteiger partial charge on any atom is 0.171 e. The summed E-state index contributed by atoms with van der Waals surface area (Å²) < 4.78 is 1.88. The van der Waals surface area contributed by atoms with Crippen LogP contribution in [0, 0.1) is 6.92 Å². The molecule has 1 aromatic carbocycles. The van der Waals surface area contributed by atoms with Gasteiger partial charge < -0.3 is 10.6 Å². The summed E-state index contributed by atoms with van der Waals surface area (Å²) in [6.07, 6.45) is 3.83. The van der Waals surface area contributed by atoms with Gasteiger partial charge >= 0.3 is 0 Å². The molecule has 0 saturated carbocycles. The maximum absolute atomic E-state index is 6.07. The van der Waals surface area contributed by atoms with Gasteiger partial charge in [-0.2, -0.15) is 5.10 Å². The summed E-state index contributed by atoms with van der Waals surface area (Å²) in [5.41, 5.74) is 3.02. The lowest BCUT2D eigenvalue weighted by molar-refractivity contribution is 0.659. The Morgan fingerprint density at radius 2 is 2.25 bits per heavy atom. The number of rotatable bonds is 4. The summed E-state index contributed by atoms with van der Waals surface area (Å²) in [4.78, 5) is 0. The minimum absolute atomic E-state index is 0.564. The van der Waals surface area contributed by atoms with Gasteiger partial charge in [0.05, 0.1) is 6.20 Å². The first kappa shape index (κ1) is 14.8. The first-order valence-electron chi connectivity index (χ1n) is 6.41. The van der Waals surface area contributed by atoms with Gasteiger partial charge in [0.1, 0.15) is 0 Å². The second-order valence-corrected chi connectivity index (χ2v) is 5.29. The van der Waals surface area contributed by atoms with Crippen LogP contribution in [-0.4, -0.2) is 14.9 Å². The quantitative estimate of drug-likeness (QED) is 0.850. The molecule has 0 aliphatic rings. The van der Waals surface area contributed by atoms with Crippen LogP contribution in [0.2, 0.25) is 5.02 Å². The first-order chi connectivity index (χ1) is 9.58. The van der Waals surface area contributed by atoms with Crippen molar-refractivity contribution in [3.8, 4) is 0 Å². The molecule has 20 heavy (non-hydrogen) atoms. The Morgan fingerprint density at radius 1 is 1.45 bits per heavy atom. The Labute approximate surface area is 129 Å². The number of hydrogen-bond acceptors (Lipinski definition) is 2. The summed E-state index contributed by atoms with van der Waals surface area (Å²) in [7, 11) is 0. The molecule has 2 rings (SSSR count). The summed E-state index contributed by atoms with van der Waals surface area (Å²) >= 11 is 11.3. The normalized spacial score (nSPS) is 10.3. The van der Waals surface area contributed by atoms with Crippen LogP contribution < -0.4 is 10.6 Å². The molecule has 0 saturated heterocycles. The number of aromatic nitrogens is 2. The molecule has 0 fully saturated rings. The number of anilines is 1. The molecule has 6 heteroatoms. The fraction of sp³-hybridized carbons (Fsp3) is 0.286. The van der Waals surface area contributed by atoms with Crippen molar-refractivity contribution in [2.75, 3.05) is 5.32 Å². The third-order valence-electron chi connectivity index (χ3n) is 2.89. The van der Waals surface area contributed by atoms with E-state index in [0.717, 1.165) is 28.4 Å². The van der Waals surface area contributed by atoms with Gasteiger partial charge in [-0.25, -0.2) is 0 Å². The van der Waals surface area contributed by atoms with Gasteiger partial charge in [-0.1, -0.05) is 17.7 Å². The lowest BCUT2D eigenvalue weighted by atomic mass is 10.2. The summed E-state index contributed by atoms with van der Waals surface area (Å²) in [5.74, 6) is 0. The molecule has 0 amide bonds. The third kappa shape index (κ3) is 3.95.